The number of carboxylic acids is 4. The molecule has 96 heavy (non-hydrogen) atoms. The average Bonchev–Trinajstić information content (AvgIpc) is 0.808. The number of benzene rings is 5. The summed E-state index contributed by atoms with van der Waals surface area (Å²) in [5.74, 6) is -1.44. The largest absolute Gasteiger partial charge is 0.493 e. The van der Waals surface area contributed by atoms with E-state index in [2.05, 4.69) is 66.2 Å². The van der Waals surface area contributed by atoms with Gasteiger partial charge in [0.1, 0.15) is 36.3 Å². The van der Waals surface area contributed by atoms with Crippen LogP contribution in [0.25, 0.3) is 0 Å². The van der Waals surface area contributed by atoms with E-state index in [1.807, 2.05) is 0 Å². The first-order chi connectivity index (χ1) is 45.7. The van der Waals surface area contributed by atoms with Crippen LogP contribution in [0.2, 0.25) is 0 Å². The molecule has 0 unspecified atom stereocenters. The molecule has 0 fully saturated rings. The van der Waals surface area contributed by atoms with E-state index in [4.69, 9.17) is 28.4 Å². The van der Waals surface area contributed by atoms with E-state index < -0.39 is 133 Å². The minimum Gasteiger partial charge on any atom is -0.493 e. The Balaban J connectivity index is 1.52. The van der Waals surface area contributed by atoms with Gasteiger partial charge in [-0.2, -0.15) is 0 Å². The summed E-state index contributed by atoms with van der Waals surface area (Å²) in [5, 5.41) is 56.5. The van der Waals surface area contributed by atoms with Gasteiger partial charge in [-0.25, -0.2) is 9.59 Å². The second kappa shape index (κ2) is 36.0. The fourth-order valence-electron chi connectivity index (χ4n) is 8.99. The van der Waals surface area contributed by atoms with Crippen LogP contribution >= 0.6 is 0 Å². The van der Waals surface area contributed by atoms with Crippen LogP contribution in [0.15, 0.2) is 97.1 Å². The van der Waals surface area contributed by atoms with Crippen molar-refractivity contribution in [1.29, 1.82) is 0 Å². The predicted molar refractivity (Wildman–Crippen MR) is 338 cm³/mol. The smallest absolute Gasteiger partial charge is 0.326 e. The number of nitrogens with one attached hydrogen (secondary N) is 8. The van der Waals surface area contributed by atoms with Gasteiger partial charge in [-0.3, -0.25) is 47.9 Å². The Morgan fingerprint density at radius 2 is 0.719 bits per heavy atom. The summed E-state index contributed by atoms with van der Waals surface area (Å²) < 4.78 is 32.9. The molecule has 506 valence electrons. The Labute approximate surface area is 549 Å². The number of rotatable bonds is 32. The zero-order chi connectivity index (χ0) is 70.8. The van der Waals surface area contributed by atoms with Gasteiger partial charge in [0.05, 0.1) is 79.7 Å². The van der Waals surface area contributed by atoms with Gasteiger partial charge in [0.25, 0.3) is 11.8 Å². The number of amides is 8. The molecule has 30 heteroatoms. The standard InChI is InChI=1S/C66H70N8O22/c1-35(59(81)67-33-53(75)71-45(23-37-15-11-9-12-16-37)63(85)73-47(65(87)88)31-55(77)78)69-61(83)43-29-42(22-20-40-27-51(93-5)58(96-8)52(28-40)94-6)44(30-41(43)21-19-39-25-49(91-3)57(95-7)50(26-39)92-4)62(84)70-36(2)60(82)68-34-54(76)72-46(24-38-17-13-10-14-18-38)64(86)74-48(66(89)90)32-56(79)80/h9-18,25-30,35-36,45-48H,23-24,31-34H2,1-8H3,(H,67,81)(H,68,82)(H,69,83)(H,70,84)(H,71,75)(H,72,76)(H,73,85)(H,74,86)(H,77,78)(H,79,80)(H,87,88)(H,89,90)/t35-,36-,45-,46-,47-,48-/m1/s1. The number of ether oxygens (including phenoxy) is 6. The molecule has 0 radical (unpaired) electrons. The fraction of sp³-hybridized carbons (Fsp3) is 0.303. The quantitative estimate of drug-likeness (QED) is 0.0262. The summed E-state index contributed by atoms with van der Waals surface area (Å²) in [6.45, 7) is 0.932. The van der Waals surface area contributed by atoms with Gasteiger partial charge in [-0.1, -0.05) is 84.3 Å². The van der Waals surface area contributed by atoms with Crippen molar-refractivity contribution in [2.24, 2.45) is 0 Å². The number of carbonyl (C=O) groups excluding carboxylic acids is 8. The van der Waals surface area contributed by atoms with Crippen molar-refractivity contribution in [3.05, 3.63) is 142 Å². The maximum Gasteiger partial charge on any atom is 0.326 e. The molecule has 0 heterocycles. The lowest BCUT2D eigenvalue weighted by atomic mass is 9.96. The Bertz CT molecular complexity index is 3580. The minimum absolute atomic E-state index is 0.185. The molecule has 0 aliphatic heterocycles. The van der Waals surface area contributed by atoms with Crippen molar-refractivity contribution < 1.29 is 106 Å². The first-order valence-electron chi connectivity index (χ1n) is 28.9. The van der Waals surface area contributed by atoms with Gasteiger partial charge in [0, 0.05) is 35.1 Å². The second-order valence-corrected chi connectivity index (χ2v) is 20.7. The van der Waals surface area contributed by atoms with Crippen molar-refractivity contribution in [2.75, 3.05) is 55.7 Å². The van der Waals surface area contributed by atoms with E-state index in [0.717, 1.165) is 0 Å². The zero-order valence-electron chi connectivity index (χ0n) is 53.1. The van der Waals surface area contributed by atoms with Crippen LogP contribution in [-0.2, 0) is 60.8 Å². The molecule has 6 atom stereocenters. The van der Waals surface area contributed by atoms with Gasteiger partial charge < -0.3 is 91.4 Å². The van der Waals surface area contributed by atoms with E-state index in [0.29, 0.717) is 11.1 Å². The number of carboxylic acid groups (broad SMARTS) is 4. The lowest BCUT2D eigenvalue weighted by molar-refractivity contribution is -0.147. The molecule has 0 saturated carbocycles. The van der Waals surface area contributed by atoms with E-state index in [1.165, 1.54) is 92.9 Å². The van der Waals surface area contributed by atoms with Crippen LogP contribution < -0.4 is 71.0 Å². The lowest BCUT2D eigenvalue weighted by Gasteiger charge is -2.21. The molecule has 30 nitrogen and oxygen atoms in total. The highest BCUT2D eigenvalue weighted by molar-refractivity contribution is 6.05. The molecule has 0 saturated heterocycles. The molecule has 0 aliphatic carbocycles. The summed E-state index contributed by atoms with van der Waals surface area (Å²) in [7, 11) is 8.22. The Morgan fingerprint density at radius 3 is 1.00 bits per heavy atom. The van der Waals surface area contributed by atoms with Gasteiger partial charge in [0.2, 0.25) is 46.9 Å². The second-order valence-electron chi connectivity index (χ2n) is 20.7. The average molecular weight is 1330 g/mol. The topological polar surface area (TPSA) is 437 Å². The number of hydrogen-bond donors (Lipinski definition) is 12. The third-order valence-electron chi connectivity index (χ3n) is 13.8. The lowest BCUT2D eigenvalue weighted by Crippen LogP contribution is -2.55. The number of methoxy groups -OCH3 is 6. The Hall–Kier alpha value is -12.3. The van der Waals surface area contributed by atoms with Crippen LogP contribution in [0.5, 0.6) is 34.5 Å². The summed E-state index contributed by atoms with van der Waals surface area (Å²) in [4.78, 5) is 157. The van der Waals surface area contributed by atoms with Crippen LogP contribution in [-0.4, -0.2) is 184 Å². The normalized spacial score (nSPS) is 12.2. The summed E-state index contributed by atoms with van der Waals surface area (Å²) in [6, 6.07) is 15.1. The van der Waals surface area contributed by atoms with Crippen LogP contribution in [0.3, 0.4) is 0 Å². The van der Waals surface area contributed by atoms with Crippen molar-refractivity contribution in [3.63, 3.8) is 0 Å². The fourth-order valence-corrected chi connectivity index (χ4v) is 8.99. The van der Waals surface area contributed by atoms with E-state index in [1.54, 1.807) is 60.7 Å². The highest BCUT2D eigenvalue weighted by atomic mass is 16.5. The van der Waals surface area contributed by atoms with Gasteiger partial charge in [-0.15, -0.1) is 0 Å². The molecule has 12 N–H and O–H groups in total. The summed E-state index contributed by atoms with van der Waals surface area (Å²) >= 11 is 0. The third-order valence-corrected chi connectivity index (χ3v) is 13.8. The molecule has 0 aromatic heterocycles. The Morgan fingerprint density at radius 1 is 0.396 bits per heavy atom. The van der Waals surface area contributed by atoms with E-state index >= 15 is 0 Å². The summed E-state index contributed by atoms with van der Waals surface area (Å²) in [6.07, 6.45) is -2.32. The monoisotopic (exact) mass is 1330 g/mol. The minimum atomic E-state index is -1.86. The SMILES string of the molecule is COc1cc(C#Cc2cc(C(=O)N[C@H](C)C(=O)NCC(=O)N[C@H](Cc3ccccc3)C(=O)N[C@H](CC(=O)O)C(=O)O)c(C#Cc3cc(OC)c(OC)c(OC)c3)cc2C(=O)N[C@H](C)C(=O)NCC(=O)N[C@H](Cc2ccccc2)C(=O)N[C@H](CC(=O)O)C(=O)O)cc(OC)c1OC. The van der Waals surface area contributed by atoms with Crippen molar-refractivity contribution in [1.82, 2.24) is 42.5 Å². The van der Waals surface area contributed by atoms with Gasteiger partial charge in [0.15, 0.2) is 23.0 Å². The van der Waals surface area contributed by atoms with Crippen LogP contribution in [0.1, 0.15) is 80.8 Å². The molecule has 0 bridgehead atoms. The number of hydrogen-bond acceptors (Lipinski definition) is 18. The van der Waals surface area contributed by atoms with E-state index in [9.17, 15) is 78.0 Å². The maximum atomic E-state index is 14.7. The highest BCUT2D eigenvalue weighted by Gasteiger charge is 2.32. The molecule has 5 rings (SSSR count). The molecular formula is C66H70N8O22. The first-order valence-corrected chi connectivity index (χ1v) is 28.9. The van der Waals surface area contributed by atoms with Gasteiger partial charge in [-0.05, 0) is 61.4 Å². The van der Waals surface area contributed by atoms with Crippen molar-refractivity contribution in [3.8, 4) is 58.2 Å². The zero-order valence-corrected chi connectivity index (χ0v) is 53.1. The highest BCUT2D eigenvalue weighted by Crippen LogP contribution is 2.39. The van der Waals surface area contributed by atoms with E-state index in [-0.39, 0.29) is 80.7 Å². The number of carbonyl (C=O) groups is 12. The van der Waals surface area contributed by atoms with Crippen molar-refractivity contribution in [2.45, 2.75) is 75.8 Å². The molecule has 0 aliphatic rings. The van der Waals surface area contributed by atoms with Gasteiger partial charge >= 0.3 is 23.9 Å². The van der Waals surface area contributed by atoms with Crippen LogP contribution in [0, 0.1) is 23.7 Å². The van der Waals surface area contributed by atoms with Crippen molar-refractivity contribution >= 4 is 71.1 Å². The third kappa shape index (κ3) is 21.9. The molecular weight excluding hydrogens is 1260 g/mol. The maximum absolute atomic E-state index is 14.7. The first kappa shape index (κ1) is 74.4. The van der Waals surface area contributed by atoms with Crippen LogP contribution in [0.4, 0.5) is 0 Å². The molecule has 5 aromatic carbocycles. The predicted octanol–water partition coefficient (Wildman–Crippen LogP) is 0.550. The molecule has 0 spiro atoms. The molecule has 5 aromatic rings. The Kier molecular flexibility index (Phi) is 27.9. The summed E-state index contributed by atoms with van der Waals surface area (Å²) in [5.41, 5.74) is 0.530. The number of aliphatic carboxylic acids is 4. The molecule has 8 amide bonds.